The fourth-order valence-corrected chi connectivity index (χ4v) is 4.39. The number of carbonyl (C=O) groups excluding carboxylic acids is 1. The molecule has 1 aromatic carbocycles. The Balaban J connectivity index is 1.58. The van der Waals surface area contributed by atoms with Crippen LogP contribution in [0, 0.1) is 0 Å². The third kappa shape index (κ3) is 3.45. The van der Waals surface area contributed by atoms with Crippen molar-refractivity contribution < 1.29 is 13.6 Å². The van der Waals surface area contributed by atoms with E-state index in [4.69, 9.17) is 4.98 Å². The van der Waals surface area contributed by atoms with Crippen molar-refractivity contribution in [3.8, 4) is 0 Å². The molecule has 7 heteroatoms. The Morgan fingerprint density at radius 2 is 2.11 bits per heavy atom. The number of alkyl halides is 2. The smallest absolute Gasteiger partial charge is 0.262 e. The van der Waals surface area contributed by atoms with E-state index in [0.717, 1.165) is 29.7 Å². The molecule has 1 amide bonds. The minimum atomic E-state index is -2.79. The molecule has 1 N–H and O–H groups in total. The lowest BCUT2D eigenvalue weighted by molar-refractivity contribution is -0.135. The van der Waals surface area contributed by atoms with Gasteiger partial charge in [-0.05, 0) is 38.8 Å². The quantitative estimate of drug-likeness (QED) is 0.894. The molecule has 2 unspecified atom stereocenters. The first-order valence-corrected chi connectivity index (χ1v) is 9.72. The molecule has 2 saturated heterocycles. The second kappa shape index (κ2) is 6.86. The Kier molecular flexibility index (Phi) is 4.66. The van der Waals surface area contributed by atoms with Gasteiger partial charge < -0.3 is 9.47 Å². The lowest BCUT2D eigenvalue weighted by atomic mass is 9.96. The number of halogens is 2. The predicted molar refractivity (Wildman–Crippen MR) is 100 cm³/mol. The molecule has 0 saturated carbocycles. The summed E-state index contributed by atoms with van der Waals surface area (Å²) in [6, 6.07) is 7.55. The van der Waals surface area contributed by atoms with E-state index in [1.807, 2.05) is 18.2 Å². The highest BCUT2D eigenvalue weighted by molar-refractivity contribution is 5.82. The number of hydrogen-bond acceptors (Lipinski definition) is 3. The highest BCUT2D eigenvalue weighted by atomic mass is 19.3. The van der Waals surface area contributed by atoms with Gasteiger partial charge in [-0.2, -0.15) is 0 Å². The topological polar surface area (TPSA) is 50.2 Å². The Labute approximate surface area is 157 Å². The molecule has 1 aromatic heterocycles. The zero-order valence-electron chi connectivity index (χ0n) is 15.8. The molecule has 0 radical (unpaired) electrons. The zero-order chi connectivity index (χ0) is 19.2. The van der Waals surface area contributed by atoms with Crippen LogP contribution in [-0.2, 0) is 4.79 Å². The van der Waals surface area contributed by atoms with Crippen molar-refractivity contribution in [1.82, 2.24) is 19.8 Å². The lowest BCUT2D eigenvalue weighted by Crippen LogP contribution is -2.47. The number of likely N-dealkylation sites (tertiary alicyclic amines) is 1. The summed E-state index contributed by atoms with van der Waals surface area (Å²) in [4.78, 5) is 19.4. The molecular weight excluding hydrogens is 350 g/mol. The van der Waals surface area contributed by atoms with E-state index in [-0.39, 0.29) is 17.9 Å². The Morgan fingerprint density at radius 1 is 1.33 bits per heavy atom. The molecule has 27 heavy (non-hydrogen) atoms. The number of piperidine rings is 1. The van der Waals surface area contributed by atoms with Crippen molar-refractivity contribution in [2.45, 2.75) is 57.0 Å². The standard InChI is InChI=1S/C20H26F2N4O/c1-13(2)26-17-8-4-3-7-15(17)24-18(26)14-6-5-9-25(11-14)19(27)16-10-20(21,22)12-23-16/h3-4,7-8,13-14,16,23H,5-6,9-12H2,1-2H3. The van der Waals surface area contributed by atoms with E-state index >= 15 is 0 Å². The van der Waals surface area contributed by atoms with Crippen LogP contribution in [0.25, 0.3) is 11.0 Å². The number of nitrogens with zero attached hydrogens (tertiary/aromatic N) is 3. The van der Waals surface area contributed by atoms with Crippen LogP contribution in [0.2, 0.25) is 0 Å². The average Bonchev–Trinajstić information content (AvgIpc) is 3.21. The molecular formula is C20H26F2N4O. The molecule has 0 aliphatic carbocycles. The molecule has 146 valence electrons. The van der Waals surface area contributed by atoms with E-state index in [0.29, 0.717) is 13.1 Å². The number of nitrogens with one attached hydrogen (secondary N) is 1. The largest absolute Gasteiger partial charge is 0.341 e. The molecule has 2 aromatic rings. The summed E-state index contributed by atoms with van der Waals surface area (Å²) in [6.07, 6.45) is 1.41. The van der Waals surface area contributed by atoms with Gasteiger partial charge in [0.1, 0.15) is 5.82 Å². The maximum Gasteiger partial charge on any atom is 0.262 e. The van der Waals surface area contributed by atoms with Gasteiger partial charge in [0.25, 0.3) is 5.92 Å². The maximum atomic E-state index is 13.5. The number of hydrogen-bond donors (Lipinski definition) is 1. The number of amides is 1. The van der Waals surface area contributed by atoms with Gasteiger partial charge in [0, 0.05) is 31.5 Å². The van der Waals surface area contributed by atoms with Gasteiger partial charge in [-0.3, -0.25) is 10.1 Å². The fraction of sp³-hybridized carbons (Fsp3) is 0.600. The number of fused-ring (bicyclic) bond motifs is 1. The fourth-order valence-electron chi connectivity index (χ4n) is 4.39. The number of aromatic nitrogens is 2. The molecule has 2 aliphatic heterocycles. The molecule has 2 fully saturated rings. The van der Waals surface area contributed by atoms with E-state index in [1.165, 1.54) is 0 Å². The van der Waals surface area contributed by atoms with Crippen LogP contribution in [0.1, 0.15) is 50.9 Å². The molecule has 2 atom stereocenters. The monoisotopic (exact) mass is 376 g/mol. The SMILES string of the molecule is CC(C)n1c(C2CCCN(C(=O)C3CC(F)(F)CN3)C2)nc2ccccc21. The second-order valence-corrected chi connectivity index (χ2v) is 8.04. The summed E-state index contributed by atoms with van der Waals surface area (Å²) in [6.45, 7) is 5.02. The van der Waals surface area contributed by atoms with Crippen LogP contribution in [0.5, 0.6) is 0 Å². The number of rotatable bonds is 3. The van der Waals surface area contributed by atoms with E-state index in [9.17, 15) is 13.6 Å². The van der Waals surface area contributed by atoms with Crippen LogP contribution in [0.15, 0.2) is 24.3 Å². The van der Waals surface area contributed by atoms with Gasteiger partial charge in [0.05, 0.1) is 23.6 Å². The van der Waals surface area contributed by atoms with Crippen molar-refractivity contribution in [3.05, 3.63) is 30.1 Å². The molecule has 4 rings (SSSR count). The van der Waals surface area contributed by atoms with Gasteiger partial charge in [0.15, 0.2) is 0 Å². The summed E-state index contributed by atoms with van der Waals surface area (Å²) < 4.78 is 29.2. The molecule has 0 spiro atoms. The average molecular weight is 376 g/mol. The first-order chi connectivity index (χ1) is 12.9. The van der Waals surface area contributed by atoms with Gasteiger partial charge >= 0.3 is 0 Å². The normalized spacial score (nSPS) is 25.4. The van der Waals surface area contributed by atoms with Crippen molar-refractivity contribution in [3.63, 3.8) is 0 Å². The third-order valence-electron chi connectivity index (χ3n) is 5.65. The highest BCUT2D eigenvalue weighted by Gasteiger charge is 2.44. The van der Waals surface area contributed by atoms with Crippen molar-refractivity contribution in [1.29, 1.82) is 0 Å². The van der Waals surface area contributed by atoms with Crippen LogP contribution in [-0.4, -0.2) is 52.0 Å². The van der Waals surface area contributed by atoms with E-state index in [2.05, 4.69) is 29.8 Å². The summed E-state index contributed by atoms with van der Waals surface area (Å²) in [7, 11) is 0. The van der Waals surface area contributed by atoms with E-state index < -0.39 is 24.9 Å². The third-order valence-corrected chi connectivity index (χ3v) is 5.65. The number of para-hydroxylation sites is 2. The molecule has 2 aliphatic rings. The molecule has 5 nitrogen and oxygen atoms in total. The minimum absolute atomic E-state index is 0.124. The van der Waals surface area contributed by atoms with Crippen LogP contribution in [0.3, 0.4) is 0 Å². The summed E-state index contributed by atoms with van der Waals surface area (Å²) >= 11 is 0. The summed E-state index contributed by atoms with van der Waals surface area (Å²) in [5.41, 5.74) is 2.06. The van der Waals surface area contributed by atoms with Gasteiger partial charge in [-0.15, -0.1) is 0 Å². The highest BCUT2D eigenvalue weighted by Crippen LogP contribution is 2.33. The van der Waals surface area contributed by atoms with Crippen molar-refractivity contribution >= 4 is 16.9 Å². The first-order valence-electron chi connectivity index (χ1n) is 9.72. The van der Waals surface area contributed by atoms with Gasteiger partial charge in [-0.25, -0.2) is 13.8 Å². The Bertz CT molecular complexity index is 848. The predicted octanol–water partition coefficient (Wildman–Crippen LogP) is 3.32. The van der Waals surface area contributed by atoms with Crippen LogP contribution >= 0.6 is 0 Å². The second-order valence-electron chi connectivity index (χ2n) is 8.04. The Morgan fingerprint density at radius 3 is 2.81 bits per heavy atom. The van der Waals surface area contributed by atoms with E-state index in [1.54, 1.807) is 4.90 Å². The van der Waals surface area contributed by atoms with Crippen LogP contribution in [0.4, 0.5) is 8.78 Å². The van der Waals surface area contributed by atoms with Gasteiger partial charge in [-0.1, -0.05) is 12.1 Å². The molecule has 0 bridgehead atoms. The summed E-state index contributed by atoms with van der Waals surface area (Å²) in [5.74, 6) is -1.88. The number of carbonyl (C=O) groups is 1. The number of benzene rings is 1. The maximum absolute atomic E-state index is 13.5. The minimum Gasteiger partial charge on any atom is -0.341 e. The number of imidazole rings is 1. The van der Waals surface area contributed by atoms with Gasteiger partial charge in [0.2, 0.25) is 5.91 Å². The van der Waals surface area contributed by atoms with Crippen molar-refractivity contribution in [2.24, 2.45) is 0 Å². The molecule has 3 heterocycles. The first kappa shape index (κ1) is 18.3. The Hall–Kier alpha value is -2.02. The summed E-state index contributed by atoms with van der Waals surface area (Å²) in [5, 5.41) is 2.69. The lowest BCUT2D eigenvalue weighted by Gasteiger charge is -2.34. The zero-order valence-corrected chi connectivity index (χ0v) is 15.8. The van der Waals surface area contributed by atoms with Crippen LogP contribution < -0.4 is 5.32 Å². The van der Waals surface area contributed by atoms with Crippen molar-refractivity contribution in [2.75, 3.05) is 19.6 Å².